The van der Waals surface area contributed by atoms with Crippen LogP contribution >= 0.6 is 0 Å². The molecular formula is C20H18N2O. The number of rotatable bonds is 2. The normalized spacial score (nSPS) is 13.2. The standard InChI is InChI=1S/C20H18N2O/c1-14(23)22-12-11-16-13-17(9-10-20(16)22)21-19-8-4-6-15-5-2-3-7-18(15)19/h2-10,13,21H,11-12H2,1H3. The second kappa shape index (κ2) is 5.43. The van der Waals surface area contributed by atoms with E-state index in [9.17, 15) is 4.79 Å². The predicted octanol–water partition coefficient (Wildman–Crippen LogP) is 4.49. The third kappa shape index (κ3) is 2.44. The number of amides is 1. The van der Waals surface area contributed by atoms with E-state index < -0.39 is 0 Å². The van der Waals surface area contributed by atoms with E-state index in [1.807, 2.05) is 17.0 Å². The molecule has 1 aliphatic rings. The zero-order valence-electron chi connectivity index (χ0n) is 13.0. The minimum absolute atomic E-state index is 0.110. The molecule has 0 saturated heterocycles. The van der Waals surface area contributed by atoms with Crippen LogP contribution in [0.3, 0.4) is 0 Å². The Bertz CT molecular complexity index is 896. The van der Waals surface area contributed by atoms with Gasteiger partial charge in [0.05, 0.1) is 0 Å². The summed E-state index contributed by atoms with van der Waals surface area (Å²) in [5.41, 5.74) is 4.43. The molecule has 3 aromatic carbocycles. The summed E-state index contributed by atoms with van der Waals surface area (Å²) in [5, 5.41) is 5.95. The number of hydrogen-bond acceptors (Lipinski definition) is 2. The van der Waals surface area contributed by atoms with Crippen LogP contribution in [0.15, 0.2) is 60.7 Å². The summed E-state index contributed by atoms with van der Waals surface area (Å²) in [6.45, 7) is 2.40. The highest BCUT2D eigenvalue weighted by atomic mass is 16.2. The molecule has 1 aliphatic heterocycles. The zero-order chi connectivity index (χ0) is 15.8. The van der Waals surface area contributed by atoms with Gasteiger partial charge >= 0.3 is 0 Å². The number of nitrogens with zero attached hydrogens (tertiary/aromatic N) is 1. The van der Waals surface area contributed by atoms with Crippen molar-refractivity contribution in [3.05, 3.63) is 66.2 Å². The highest BCUT2D eigenvalue weighted by Gasteiger charge is 2.22. The van der Waals surface area contributed by atoms with Gasteiger partial charge in [-0.2, -0.15) is 0 Å². The van der Waals surface area contributed by atoms with Crippen molar-refractivity contribution in [3.63, 3.8) is 0 Å². The van der Waals surface area contributed by atoms with E-state index in [0.29, 0.717) is 0 Å². The van der Waals surface area contributed by atoms with E-state index in [-0.39, 0.29) is 5.91 Å². The smallest absolute Gasteiger partial charge is 0.223 e. The van der Waals surface area contributed by atoms with Crippen LogP contribution in [0, 0.1) is 0 Å². The number of benzene rings is 3. The third-order valence-electron chi connectivity index (χ3n) is 4.42. The van der Waals surface area contributed by atoms with Gasteiger partial charge < -0.3 is 10.2 Å². The molecule has 0 spiro atoms. The van der Waals surface area contributed by atoms with Crippen LogP contribution in [0.25, 0.3) is 10.8 Å². The Morgan fingerprint density at radius 3 is 2.74 bits per heavy atom. The van der Waals surface area contributed by atoms with Crippen molar-refractivity contribution in [2.45, 2.75) is 13.3 Å². The second-order valence-electron chi connectivity index (χ2n) is 5.92. The lowest BCUT2D eigenvalue weighted by atomic mass is 10.1. The monoisotopic (exact) mass is 302 g/mol. The van der Waals surface area contributed by atoms with Crippen LogP contribution in [0.5, 0.6) is 0 Å². The van der Waals surface area contributed by atoms with Crippen LogP contribution in [0.4, 0.5) is 17.1 Å². The Balaban J connectivity index is 1.69. The summed E-state index contributed by atoms with van der Waals surface area (Å²) in [5.74, 6) is 0.110. The Labute approximate surface area is 135 Å². The molecule has 3 heteroatoms. The SMILES string of the molecule is CC(=O)N1CCc2cc(Nc3cccc4ccccc34)ccc21. The quantitative estimate of drug-likeness (QED) is 0.756. The summed E-state index contributed by atoms with van der Waals surface area (Å²) < 4.78 is 0. The van der Waals surface area contributed by atoms with E-state index in [2.05, 4.69) is 53.8 Å². The van der Waals surface area contributed by atoms with Crippen molar-refractivity contribution in [1.82, 2.24) is 0 Å². The molecule has 0 radical (unpaired) electrons. The number of nitrogens with one attached hydrogen (secondary N) is 1. The molecule has 0 aliphatic carbocycles. The first-order valence-corrected chi connectivity index (χ1v) is 7.88. The molecule has 3 nitrogen and oxygen atoms in total. The van der Waals surface area contributed by atoms with Gasteiger partial charge in [-0.25, -0.2) is 0 Å². The fourth-order valence-electron chi connectivity index (χ4n) is 3.30. The van der Waals surface area contributed by atoms with Crippen molar-refractivity contribution < 1.29 is 4.79 Å². The summed E-state index contributed by atoms with van der Waals surface area (Å²) in [6, 6.07) is 20.9. The lowest BCUT2D eigenvalue weighted by Crippen LogP contribution is -2.25. The summed E-state index contributed by atoms with van der Waals surface area (Å²) in [7, 11) is 0. The minimum atomic E-state index is 0.110. The highest BCUT2D eigenvalue weighted by molar-refractivity contribution is 5.96. The van der Waals surface area contributed by atoms with Crippen molar-refractivity contribution in [2.24, 2.45) is 0 Å². The lowest BCUT2D eigenvalue weighted by molar-refractivity contribution is -0.116. The van der Waals surface area contributed by atoms with Gasteiger partial charge in [0.15, 0.2) is 0 Å². The third-order valence-corrected chi connectivity index (χ3v) is 4.42. The topological polar surface area (TPSA) is 32.3 Å². The first kappa shape index (κ1) is 13.8. The van der Waals surface area contributed by atoms with Gasteiger partial charge in [-0.3, -0.25) is 4.79 Å². The van der Waals surface area contributed by atoms with Crippen molar-refractivity contribution >= 4 is 33.7 Å². The maximum absolute atomic E-state index is 11.6. The molecule has 1 N–H and O–H groups in total. The van der Waals surface area contributed by atoms with Crippen LogP contribution in [0.2, 0.25) is 0 Å². The van der Waals surface area contributed by atoms with Crippen LogP contribution in [0.1, 0.15) is 12.5 Å². The fraction of sp³-hybridized carbons (Fsp3) is 0.150. The van der Waals surface area contributed by atoms with Gasteiger partial charge in [0, 0.05) is 35.9 Å². The van der Waals surface area contributed by atoms with E-state index in [1.165, 1.54) is 16.3 Å². The summed E-state index contributed by atoms with van der Waals surface area (Å²) >= 11 is 0. The Morgan fingerprint density at radius 2 is 1.87 bits per heavy atom. The van der Waals surface area contributed by atoms with Crippen molar-refractivity contribution in [2.75, 3.05) is 16.8 Å². The largest absolute Gasteiger partial charge is 0.355 e. The Kier molecular flexibility index (Phi) is 3.27. The first-order chi connectivity index (χ1) is 11.2. The average Bonchev–Trinajstić information content (AvgIpc) is 2.99. The molecule has 0 aromatic heterocycles. The molecule has 1 heterocycles. The van der Waals surface area contributed by atoms with Gasteiger partial charge in [-0.1, -0.05) is 36.4 Å². The Hall–Kier alpha value is -2.81. The fourth-order valence-corrected chi connectivity index (χ4v) is 3.30. The predicted molar refractivity (Wildman–Crippen MR) is 95.4 cm³/mol. The molecule has 1 amide bonds. The average molecular weight is 302 g/mol. The number of anilines is 3. The van der Waals surface area contributed by atoms with Crippen LogP contribution in [-0.2, 0) is 11.2 Å². The maximum Gasteiger partial charge on any atom is 0.223 e. The minimum Gasteiger partial charge on any atom is -0.355 e. The molecule has 114 valence electrons. The molecule has 23 heavy (non-hydrogen) atoms. The molecule has 0 saturated carbocycles. The van der Waals surface area contributed by atoms with Crippen LogP contribution in [-0.4, -0.2) is 12.5 Å². The van der Waals surface area contributed by atoms with E-state index >= 15 is 0 Å². The molecule has 0 atom stereocenters. The zero-order valence-corrected chi connectivity index (χ0v) is 13.0. The van der Waals surface area contributed by atoms with Gasteiger partial charge in [0.25, 0.3) is 0 Å². The maximum atomic E-state index is 11.6. The van der Waals surface area contributed by atoms with Gasteiger partial charge in [-0.15, -0.1) is 0 Å². The van der Waals surface area contributed by atoms with E-state index in [1.54, 1.807) is 6.92 Å². The molecule has 4 rings (SSSR count). The van der Waals surface area contributed by atoms with Gasteiger partial charge in [-0.05, 0) is 41.6 Å². The summed E-state index contributed by atoms with van der Waals surface area (Å²) in [4.78, 5) is 13.5. The molecule has 3 aromatic rings. The molecule has 0 bridgehead atoms. The molecular weight excluding hydrogens is 284 g/mol. The first-order valence-electron chi connectivity index (χ1n) is 7.88. The Morgan fingerprint density at radius 1 is 1.04 bits per heavy atom. The van der Waals surface area contributed by atoms with Gasteiger partial charge in [0.1, 0.15) is 0 Å². The number of carbonyl (C=O) groups excluding carboxylic acids is 1. The van der Waals surface area contributed by atoms with E-state index in [4.69, 9.17) is 0 Å². The van der Waals surface area contributed by atoms with Gasteiger partial charge in [0.2, 0.25) is 5.91 Å². The van der Waals surface area contributed by atoms with Crippen LogP contribution < -0.4 is 10.2 Å². The summed E-state index contributed by atoms with van der Waals surface area (Å²) in [6.07, 6.45) is 0.917. The number of hydrogen-bond donors (Lipinski definition) is 1. The van der Waals surface area contributed by atoms with Crippen molar-refractivity contribution in [1.29, 1.82) is 0 Å². The number of carbonyl (C=O) groups is 1. The second-order valence-corrected chi connectivity index (χ2v) is 5.92. The molecule has 0 fully saturated rings. The van der Waals surface area contributed by atoms with E-state index in [0.717, 1.165) is 30.0 Å². The highest BCUT2D eigenvalue weighted by Crippen LogP contribution is 2.33. The molecule has 0 unspecified atom stereocenters. The lowest BCUT2D eigenvalue weighted by Gasteiger charge is -2.15. The van der Waals surface area contributed by atoms with Crippen molar-refractivity contribution in [3.8, 4) is 0 Å². The number of fused-ring (bicyclic) bond motifs is 2.